The zero-order valence-electron chi connectivity index (χ0n) is 10.9. The normalized spacial score (nSPS) is 13.3. The van der Waals surface area contributed by atoms with Gasteiger partial charge in [-0.25, -0.2) is 4.21 Å². The van der Waals surface area contributed by atoms with E-state index in [-0.39, 0.29) is 0 Å². The fourth-order valence-electron chi connectivity index (χ4n) is 1.62. The van der Waals surface area contributed by atoms with Crippen molar-refractivity contribution in [1.29, 1.82) is 0 Å². The van der Waals surface area contributed by atoms with E-state index in [0.29, 0.717) is 10.5 Å². The molecule has 0 aliphatic rings. The summed E-state index contributed by atoms with van der Waals surface area (Å²) in [6.07, 6.45) is 1.31. The van der Waals surface area contributed by atoms with E-state index in [9.17, 15) is 8.60 Å². The Labute approximate surface area is 115 Å². The lowest BCUT2D eigenvalue weighted by Crippen LogP contribution is -1.92. The molecular weight excluding hydrogens is 259 g/mol. The van der Waals surface area contributed by atoms with Gasteiger partial charge in [-0.05, 0) is 37.6 Å². The van der Waals surface area contributed by atoms with Crippen LogP contribution in [0.4, 0.5) is 4.39 Å². The van der Waals surface area contributed by atoms with Crippen LogP contribution in [0.25, 0.3) is 6.08 Å². The molecule has 0 N–H and O–H groups in total. The average Bonchev–Trinajstić information content (AvgIpc) is 2.41. The van der Waals surface area contributed by atoms with Gasteiger partial charge < -0.3 is 0 Å². The van der Waals surface area contributed by atoms with Crippen molar-refractivity contribution in [2.45, 2.75) is 18.7 Å². The smallest absolute Gasteiger partial charge is 0.192 e. The summed E-state index contributed by atoms with van der Waals surface area (Å²) in [6, 6.07) is 14.4. The Hall–Kier alpha value is -1.74. The van der Waals surface area contributed by atoms with Gasteiger partial charge in [0.2, 0.25) is 0 Å². The second kappa shape index (κ2) is 5.93. The van der Waals surface area contributed by atoms with Crippen LogP contribution in [-0.4, -0.2) is 4.21 Å². The van der Waals surface area contributed by atoms with Gasteiger partial charge in [-0.3, -0.25) is 0 Å². The Kier molecular flexibility index (Phi) is 4.27. The molecule has 2 aromatic rings. The van der Waals surface area contributed by atoms with Crippen LogP contribution < -0.4 is 0 Å². The van der Waals surface area contributed by atoms with E-state index in [0.717, 1.165) is 11.1 Å². The molecule has 0 saturated carbocycles. The summed E-state index contributed by atoms with van der Waals surface area (Å²) in [5.41, 5.74) is 2.88. The van der Waals surface area contributed by atoms with E-state index in [2.05, 4.69) is 0 Å². The third-order valence-corrected chi connectivity index (χ3v) is 3.94. The monoisotopic (exact) mass is 274 g/mol. The summed E-state index contributed by atoms with van der Waals surface area (Å²) in [7, 11) is -1.75. The maximum atomic E-state index is 13.9. The zero-order valence-corrected chi connectivity index (χ0v) is 11.7. The predicted octanol–water partition coefficient (Wildman–Crippen LogP) is 4.38. The van der Waals surface area contributed by atoms with Gasteiger partial charge >= 0.3 is 0 Å². The molecule has 1 nitrogen and oxygen atoms in total. The van der Waals surface area contributed by atoms with Crippen molar-refractivity contribution in [2.75, 3.05) is 0 Å². The van der Waals surface area contributed by atoms with Crippen molar-refractivity contribution in [3.8, 4) is 0 Å². The number of hydrogen-bond donors (Lipinski definition) is 0. The Bertz CT molecular complexity index is 612. The second-order valence-electron chi connectivity index (χ2n) is 4.44. The first-order valence-electron chi connectivity index (χ1n) is 5.98. The number of aryl methyl sites for hydroxylation is 2. The van der Waals surface area contributed by atoms with Gasteiger partial charge in [-0.15, -0.1) is 0 Å². The quantitative estimate of drug-likeness (QED) is 0.811. The molecule has 0 bridgehead atoms. The van der Waals surface area contributed by atoms with Crippen molar-refractivity contribution < 1.29 is 8.60 Å². The molecule has 3 heteroatoms. The minimum Gasteiger partial charge on any atom is -0.247 e. The standard InChI is InChI=1S/C16H15FOS/c1-12-3-7-14(8-4-12)11-16(17)19(18)15-9-5-13(2)6-10-15/h3-11H,1-2H3/b16-11+/t19-/m1/s1. The molecule has 19 heavy (non-hydrogen) atoms. The summed E-state index contributed by atoms with van der Waals surface area (Å²) in [5, 5.41) is -0.632. The van der Waals surface area contributed by atoms with Crippen LogP contribution in [0.1, 0.15) is 16.7 Å². The van der Waals surface area contributed by atoms with E-state index in [4.69, 9.17) is 0 Å². The number of hydrogen-bond acceptors (Lipinski definition) is 1. The van der Waals surface area contributed by atoms with Gasteiger partial charge in [0.25, 0.3) is 0 Å². The Balaban J connectivity index is 2.23. The third-order valence-electron chi connectivity index (χ3n) is 2.77. The molecule has 0 aliphatic carbocycles. The van der Waals surface area contributed by atoms with Crippen molar-refractivity contribution in [3.05, 3.63) is 70.4 Å². The summed E-state index contributed by atoms with van der Waals surface area (Å²) in [4.78, 5) is 0.478. The van der Waals surface area contributed by atoms with Crippen LogP contribution in [0.2, 0.25) is 0 Å². The van der Waals surface area contributed by atoms with Gasteiger partial charge in [-0.1, -0.05) is 47.5 Å². The van der Waals surface area contributed by atoms with E-state index < -0.39 is 16.0 Å². The molecule has 0 radical (unpaired) electrons. The van der Waals surface area contributed by atoms with Gasteiger partial charge in [0.15, 0.2) is 5.16 Å². The van der Waals surface area contributed by atoms with Crippen LogP contribution in [0.15, 0.2) is 58.6 Å². The third kappa shape index (κ3) is 3.61. The molecule has 0 unspecified atom stereocenters. The van der Waals surface area contributed by atoms with E-state index in [1.54, 1.807) is 24.3 Å². The molecule has 2 rings (SSSR count). The summed E-state index contributed by atoms with van der Waals surface area (Å²) >= 11 is 0. The lowest BCUT2D eigenvalue weighted by Gasteiger charge is -2.01. The Morgan fingerprint density at radius 3 is 1.95 bits per heavy atom. The largest absolute Gasteiger partial charge is 0.247 e. The summed E-state index contributed by atoms with van der Waals surface area (Å²) in [6.45, 7) is 3.90. The number of benzene rings is 2. The van der Waals surface area contributed by atoms with Crippen molar-refractivity contribution in [1.82, 2.24) is 0 Å². The summed E-state index contributed by atoms with van der Waals surface area (Å²) in [5.74, 6) is 0. The first-order valence-corrected chi connectivity index (χ1v) is 7.13. The van der Waals surface area contributed by atoms with Gasteiger partial charge in [0, 0.05) is 4.90 Å². The van der Waals surface area contributed by atoms with Crippen molar-refractivity contribution in [2.24, 2.45) is 0 Å². The van der Waals surface area contributed by atoms with E-state index >= 15 is 0 Å². The van der Waals surface area contributed by atoms with Gasteiger partial charge in [0.1, 0.15) is 10.8 Å². The molecule has 2 aromatic carbocycles. The molecule has 0 spiro atoms. The number of rotatable bonds is 3. The maximum absolute atomic E-state index is 13.9. The lowest BCUT2D eigenvalue weighted by atomic mass is 10.1. The van der Waals surface area contributed by atoms with Gasteiger partial charge in [-0.2, -0.15) is 4.39 Å². The molecule has 0 aliphatic heterocycles. The van der Waals surface area contributed by atoms with Crippen molar-refractivity contribution >= 4 is 16.9 Å². The fraction of sp³-hybridized carbons (Fsp3) is 0.125. The average molecular weight is 274 g/mol. The highest BCUT2D eigenvalue weighted by Gasteiger charge is 2.09. The first-order chi connectivity index (χ1) is 9.06. The highest BCUT2D eigenvalue weighted by molar-refractivity contribution is 7.89. The molecule has 1 atom stereocenters. The highest BCUT2D eigenvalue weighted by Crippen LogP contribution is 2.19. The minimum absolute atomic E-state index is 0.478. The Morgan fingerprint density at radius 1 is 0.947 bits per heavy atom. The van der Waals surface area contributed by atoms with Crippen LogP contribution in [0.5, 0.6) is 0 Å². The minimum atomic E-state index is -1.75. The molecular formula is C16H15FOS. The second-order valence-corrected chi connectivity index (χ2v) is 5.84. The van der Waals surface area contributed by atoms with Crippen LogP contribution in [0, 0.1) is 13.8 Å². The topological polar surface area (TPSA) is 17.1 Å². The van der Waals surface area contributed by atoms with E-state index in [1.165, 1.54) is 6.08 Å². The van der Waals surface area contributed by atoms with Crippen LogP contribution in [0.3, 0.4) is 0 Å². The summed E-state index contributed by atoms with van der Waals surface area (Å²) < 4.78 is 25.9. The molecule has 0 fully saturated rings. The first kappa shape index (κ1) is 13.7. The molecule has 0 saturated heterocycles. The van der Waals surface area contributed by atoms with Crippen LogP contribution >= 0.6 is 0 Å². The predicted molar refractivity (Wildman–Crippen MR) is 77.9 cm³/mol. The molecule has 0 amide bonds. The molecule has 0 aromatic heterocycles. The number of halogens is 1. The van der Waals surface area contributed by atoms with Gasteiger partial charge in [0.05, 0.1) is 0 Å². The van der Waals surface area contributed by atoms with E-state index in [1.807, 2.05) is 38.1 Å². The highest BCUT2D eigenvalue weighted by atomic mass is 32.2. The molecule has 98 valence electrons. The fourth-order valence-corrected chi connectivity index (χ4v) is 2.47. The van der Waals surface area contributed by atoms with Crippen LogP contribution in [-0.2, 0) is 10.8 Å². The zero-order chi connectivity index (χ0) is 13.8. The van der Waals surface area contributed by atoms with Crippen molar-refractivity contribution in [3.63, 3.8) is 0 Å². The lowest BCUT2D eigenvalue weighted by molar-refractivity contribution is 0.653. The molecule has 0 heterocycles. The Morgan fingerprint density at radius 2 is 1.42 bits per heavy atom. The SMILES string of the molecule is Cc1ccc(/C=C(\F)[S@](=O)c2ccc(C)cc2)cc1. The maximum Gasteiger partial charge on any atom is 0.192 e.